The lowest BCUT2D eigenvalue weighted by Gasteiger charge is -2.19. The van der Waals surface area contributed by atoms with Crippen LogP contribution in [0.5, 0.6) is 0 Å². The fourth-order valence-electron chi connectivity index (χ4n) is 3.50. The topological polar surface area (TPSA) is 64.4 Å². The quantitative estimate of drug-likeness (QED) is 0.442. The SMILES string of the molecule is CCOC(=O)c1cccn1C1C(=O)N(Cc2ccc(Cl)nc2)c2ccc(Cl)cc21. The molecular weight excluding hydrogens is 413 g/mol. The van der Waals surface area contributed by atoms with Crippen LogP contribution in [0, 0.1) is 0 Å². The summed E-state index contributed by atoms with van der Waals surface area (Å²) in [6, 6.07) is 11.5. The minimum Gasteiger partial charge on any atom is -0.461 e. The molecule has 29 heavy (non-hydrogen) atoms. The van der Waals surface area contributed by atoms with Gasteiger partial charge in [0.05, 0.1) is 18.8 Å². The van der Waals surface area contributed by atoms with Crippen LogP contribution in [0.3, 0.4) is 0 Å². The molecule has 0 N–H and O–H groups in total. The lowest BCUT2D eigenvalue weighted by atomic mass is 10.1. The Morgan fingerprint density at radius 3 is 2.76 bits per heavy atom. The number of ether oxygens (including phenoxy) is 1. The van der Waals surface area contributed by atoms with E-state index in [1.54, 1.807) is 59.1 Å². The number of carbonyl (C=O) groups is 2. The number of amides is 1. The summed E-state index contributed by atoms with van der Waals surface area (Å²) in [4.78, 5) is 31.5. The lowest BCUT2D eigenvalue weighted by Crippen LogP contribution is -2.31. The van der Waals surface area contributed by atoms with Gasteiger partial charge in [-0.05, 0) is 48.9 Å². The first-order valence-corrected chi connectivity index (χ1v) is 9.80. The summed E-state index contributed by atoms with van der Waals surface area (Å²) in [6.07, 6.45) is 3.34. The highest BCUT2D eigenvalue weighted by molar-refractivity contribution is 6.31. The van der Waals surface area contributed by atoms with Gasteiger partial charge in [0.15, 0.2) is 0 Å². The van der Waals surface area contributed by atoms with E-state index in [1.807, 2.05) is 12.1 Å². The van der Waals surface area contributed by atoms with Crippen molar-refractivity contribution >= 4 is 40.8 Å². The number of benzene rings is 1. The lowest BCUT2D eigenvalue weighted by molar-refractivity contribution is -0.120. The summed E-state index contributed by atoms with van der Waals surface area (Å²) in [5.74, 6) is -0.645. The molecule has 4 rings (SSSR count). The monoisotopic (exact) mass is 429 g/mol. The smallest absolute Gasteiger partial charge is 0.354 e. The van der Waals surface area contributed by atoms with Crippen molar-refractivity contribution in [3.8, 4) is 0 Å². The molecule has 1 atom stereocenters. The minimum atomic E-state index is -0.710. The van der Waals surface area contributed by atoms with E-state index in [2.05, 4.69) is 4.98 Å². The van der Waals surface area contributed by atoms with E-state index in [9.17, 15) is 9.59 Å². The number of halogens is 2. The molecule has 1 aliphatic rings. The van der Waals surface area contributed by atoms with Gasteiger partial charge in [0, 0.05) is 23.0 Å². The van der Waals surface area contributed by atoms with Crippen LogP contribution in [0.2, 0.25) is 10.2 Å². The summed E-state index contributed by atoms with van der Waals surface area (Å²) in [6.45, 7) is 2.31. The number of rotatable bonds is 5. The van der Waals surface area contributed by atoms with Gasteiger partial charge in [-0.3, -0.25) is 4.79 Å². The molecular formula is C21H17Cl2N3O3. The molecule has 3 heterocycles. The van der Waals surface area contributed by atoms with Crippen LogP contribution in [0.25, 0.3) is 0 Å². The molecule has 6 nitrogen and oxygen atoms in total. The van der Waals surface area contributed by atoms with Gasteiger partial charge in [-0.1, -0.05) is 29.3 Å². The van der Waals surface area contributed by atoms with Crippen molar-refractivity contribution < 1.29 is 14.3 Å². The predicted octanol–water partition coefficient (Wildman–Crippen LogP) is 4.50. The third kappa shape index (κ3) is 3.61. The summed E-state index contributed by atoms with van der Waals surface area (Å²) < 4.78 is 6.77. The van der Waals surface area contributed by atoms with Crippen LogP contribution >= 0.6 is 23.2 Å². The third-order valence-electron chi connectivity index (χ3n) is 4.75. The maximum atomic E-state index is 13.4. The number of aromatic nitrogens is 2. The number of fused-ring (bicyclic) bond motifs is 1. The van der Waals surface area contributed by atoms with E-state index < -0.39 is 12.0 Å². The van der Waals surface area contributed by atoms with E-state index in [1.165, 1.54) is 0 Å². The maximum absolute atomic E-state index is 13.4. The second kappa shape index (κ2) is 7.89. The molecule has 0 spiro atoms. The molecule has 3 aromatic rings. The maximum Gasteiger partial charge on any atom is 0.354 e. The molecule has 0 radical (unpaired) electrons. The van der Waals surface area contributed by atoms with Gasteiger partial charge in [-0.25, -0.2) is 9.78 Å². The molecule has 1 aliphatic heterocycles. The van der Waals surface area contributed by atoms with E-state index in [-0.39, 0.29) is 12.5 Å². The van der Waals surface area contributed by atoms with Gasteiger partial charge < -0.3 is 14.2 Å². The highest BCUT2D eigenvalue weighted by Gasteiger charge is 2.40. The summed E-state index contributed by atoms with van der Waals surface area (Å²) in [5.41, 5.74) is 2.61. The van der Waals surface area contributed by atoms with Gasteiger partial charge in [0.2, 0.25) is 0 Å². The van der Waals surface area contributed by atoms with E-state index >= 15 is 0 Å². The number of nitrogens with zero attached hydrogens (tertiary/aromatic N) is 3. The van der Waals surface area contributed by atoms with Crippen molar-refractivity contribution in [3.05, 3.63) is 81.9 Å². The zero-order valence-corrected chi connectivity index (χ0v) is 17.0. The molecule has 1 unspecified atom stereocenters. The van der Waals surface area contributed by atoms with Gasteiger partial charge in [-0.2, -0.15) is 0 Å². The van der Waals surface area contributed by atoms with Gasteiger partial charge >= 0.3 is 5.97 Å². The van der Waals surface area contributed by atoms with E-state index in [4.69, 9.17) is 27.9 Å². The fraction of sp³-hybridized carbons (Fsp3) is 0.190. The van der Waals surface area contributed by atoms with Crippen LogP contribution in [-0.4, -0.2) is 28.0 Å². The second-order valence-corrected chi connectivity index (χ2v) is 7.36. The first-order valence-electron chi connectivity index (χ1n) is 9.05. The van der Waals surface area contributed by atoms with Gasteiger partial charge in [-0.15, -0.1) is 0 Å². The molecule has 0 saturated carbocycles. The average Bonchev–Trinajstić information content (AvgIpc) is 3.27. The van der Waals surface area contributed by atoms with Crippen LogP contribution in [0.4, 0.5) is 5.69 Å². The average molecular weight is 430 g/mol. The van der Waals surface area contributed by atoms with Crippen molar-refractivity contribution in [2.45, 2.75) is 19.5 Å². The van der Waals surface area contributed by atoms with Crippen molar-refractivity contribution in [3.63, 3.8) is 0 Å². The third-order valence-corrected chi connectivity index (χ3v) is 5.20. The zero-order chi connectivity index (χ0) is 20.5. The summed E-state index contributed by atoms with van der Waals surface area (Å²) in [7, 11) is 0. The predicted molar refractivity (Wildman–Crippen MR) is 110 cm³/mol. The number of esters is 1. The van der Waals surface area contributed by atoms with Crippen molar-refractivity contribution in [1.29, 1.82) is 0 Å². The Labute approximate surface area is 177 Å². The number of anilines is 1. The molecule has 0 fully saturated rings. The molecule has 0 aliphatic carbocycles. The Kier molecular flexibility index (Phi) is 5.30. The van der Waals surface area contributed by atoms with Gasteiger partial charge in [0.25, 0.3) is 5.91 Å². The minimum absolute atomic E-state index is 0.168. The normalized spacial score (nSPS) is 15.5. The Balaban J connectivity index is 1.76. The van der Waals surface area contributed by atoms with Crippen LogP contribution in [0.1, 0.15) is 34.6 Å². The second-order valence-electron chi connectivity index (χ2n) is 6.54. The van der Waals surface area contributed by atoms with Crippen LogP contribution in [-0.2, 0) is 16.1 Å². The molecule has 2 aromatic heterocycles. The molecule has 1 aromatic carbocycles. The molecule has 148 valence electrons. The molecule has 8 heteroatoms. The molecule has 1 amide bonds. The number of hydrogen-bond donors (Lipinski definition) is 0. The Bertz CT molecular complexity index is 1080. The fourth-order valence-corrected chi connectivity index (χ4v) is 3.79. The summed E-state index contributed by atoms with van der Waals surface area (Å²) >= 11 is 12.1. The zero-order valence-electron chi connectivity index (χ0n) is 15.5. The largest absolute Gasteiger partial charge is 0.461 e. The van der Waals surface area contributed by atoms with Crippen LogP contribution in [0.15, 0.2) is 54.9 Å². The Hall–Kier alpha value is -2.83. The Morgan fingerprint density at radius 1 is 1.21 bits per heavy atom. The van der Waals surface area contributed by atoms with E-state index in [0.29, 0.717) is 22.4 Å². The number of pyridine rings is 1. The molecule has 0 bridgehead atoms. The van der Waals surface area contributed by atoms with Crippen molar-refractivity contribution in [2.75, 3.05) is 11.5 Å². The highest BCUT2D eigenvalue weighted by Crippen LogP contribution is 2.41. The van der Waals surface area contributed by atoms with Crippen molar-refractivity contribution in [1.82, 2.24) is 9.55 Å². The van der Waals surface area contributed by atoms with Crippen LogP contribution < -0.4 is 4.90 Å². The highest BCUT2D eigenvalue weighted by atomic mass is 35.5. The first kappa shape index (κ1) is 19.5. The van der Waals surface area contributed by atoms with E-state index in [0.717, 1.165) is 16.8 Å². The van der Waals surface area contributed by atoms with Gasteiger partial charge in [0.1, 0.15) is 16.9 Å². The molecule has 0 saturated heterocycles. The number of hydrogen-bond acceptors (Lipinski definition) is 4. The Morgan fingerprint density at radius 2 is 2.03 bits per heavy atom. The first-order chi connectivity index (χ1) is 14.0. The summed E-state index contributed by atoms with van der Waals surface area (Å²) in [5, 5.41) is 0.902. The number of carbonyl (C=O) groups excluding carboxylic acids is 2. The van der Waals surface area contributed by atoms with Crippen molar-refractivity contribution in [2.24, 2.45) is 0 Å². The standard InChI is InChI=1S/C21H17Cl2N3O3/c1-2-29-21(28)17-4-3-9-25(17)19-15-10-14(22)6-7-16(15)26(20(19)27)12-13-5-8-18(23)24-11-13/h3-11,19H,2,12H2,1H3.